The normalized spacial score (nSPS) is 18.6. The fraction of sp³-hybridized carbons (Fsp3) is 0.467. The number of hydrogen-bond acceptors (Lipinski definition) is 3. The van der Waals surface area contributed by atoms with Gasteiger partial charge in [0.15, 0.2) is 0 Å². The Labute approximate surface area is 124 Å². The molecule has 1 fully saturated rings. The van der Waals surface area contributed by atoms with Crippen molar-refractivity contribution in [3.8, 4) is 0 Å². The van der Waals surface area contributed by atoms with E-state index in [0.29, 0.717) is 0 Å². The third-order valence-corrected chi connectivity index (χ3v) is 11.1. The zero-order chi connectivity index (χ0) is 13.1. The molecule has 0 unspecified atom stereocenters. The van der Waals surface area contributed by atoms with Gasteiger partial charge in [0.25, 0.3) is 0 Å². The minimum Gasteiger partial charge on any atom is -0.381 e. The van der Waals surface area contributed by atoms with Crippen LogP contribution in [-0.4, -0.2) is 25.2 Å². The van der Waals surface area contributed by atoms with Crippen molar-refractivity contribution in [3.63, 3.8) is 0 Å². The highest BCUT2D eigenvalue weighted by atomic mass is 32.3. The third-order valence-electron chi connectivity index (χ3n) is 3.79. The van der Waals surface area contributed by atoms with E-state index in [1.54, 1.807) is 8.42 Å². The Morgan fingerprint density at radius 3 is 2.16 bits per heavy atom. The van der Waals surface area contributed by atoms with E-state index in [-0.39, 0.29) is 0 Å². The van der Waals surface area contributed by atoms with Gasteiger partial charge in [0.2, 0.25) is 0 Å². The van der Waals surface area contributed by atoms with Crippen molar-refractivity contribution in [1.82, 2.24) is 0 Å². The molecule has 1 nitrogen and oxygen atoms in total. The summed E-state index contributed by atoms with van der Waals surface area (Å²) < 4.78 is 8.68. The summed E-state index contributed by atoms with van der Waals surface area (Å²) in [6, 6.07) is 9.06. The van der Waals surface area contributed by atoms with Crippen LogP contribution in [0, 0.1) is 5.92 Å². The van der Waals surface area contributed by atoms with Gasteiger partial charge in [0, 0.05) is 21.6 Å². The van der Waals surface area contributed by atoms with Crippen LogP contribution >= 0.6 is 32.7 Å². The van der Waals surface area contributed by atoms with Crippen LogP contribution in [0.1, 0.15) is 12.8 Å². The number of thiophene rings is 2. The molecule has 0 amide bonds. The summed E-state index contributed by atoms with van der Waals surface area (Å²) in [6.07, 6.45) is 4.97. The molecule has 4 heteroatoms. The topological polar surface area (TPSA) is 9.23 Å². The first-order valence-corrected chi connectivity index (χ1v) is 10.7. The third kappa shape index (κ3) is 2.92. The summed E-state index contributed by atoms with van der Waals surface area (Å²) >= 11 is 3.86. The van der Waals surface area contributed by atoms with Crippen LogP contribution in [0.2, 0.25) is 0 Å². The van der Waals surface area contributed by atoms with Crippen LogP contribution in [0.25, 0.3) is 0 Å². The molecule has 0 N–H and O–H groups in total. The van der Waals surface area contributed by atoms with Gasteiger partial charge >= 0.3 is 0 Å². The molecule has 2 aromatic heterocycles. The van der Waals surface area contributed by atoms with Gasteiger partial charge in [-0.15, -0.1) is 22.7 Å². The van der Waals surface area contributed by atoms with E-state index in [0.717, 1.165) is 19.1 Å². The first-order chi connectivity index (χ1) is 9.29. The van der Waals surface area contributed by atoms with Crippen molar-refractivity contribution < 1.29 is 4.74 Å². The zero-order valence-corrected chi connectivity index (χ0v) is 13.7. The van der Waals surface area contributed by atoms with Gasteiger partial charge in [0.1, 0.15) is 0 Å². The maximum Gasteiger partial charge on any atom is 0.0473 e. The summed E-state index contributed by atoms with van der Waals surface area (Å²) in [6.45, 7) is 1.91. The Balaban J connectivity index is 1.88. The van der Waals surface area contributed by atoms with Crippen LogP contribution in [-0.2, 0) is 4.74 Å². The highest BCUT2D eigenvalue weighted by molar-refractivity contribution is 8.35. The SMILES string of the molecule is CS(CC1CCOCC1)(c1cccs1)c1cccs1. The summed E-state index contributed by atoms with van der Waals surface area (Å²) in [5.74, 6) is 2.16. The Bertz CT molecular complexity index is 449. The first-order valence-electron chi connectivity index (χ1n) is 6.70. The molecule has 104 valence electrons. The second-order valence-corrected chi connectivity index (χ2v) is 11.0. The van der Waals surface area contributed by atoms with Crippen LogP contribution < -0.4 is 0 Å². The average molecular weight is 313 g/mol. The van der Waals surface area contributed by atoms with E-state index in [4.69, 9.17) is 4.74 Å². The molecule has 0 atom stereocenters. The lowest BCUT2D eigenvalue weighted by atomic mass is 10.0. The smallest absolute Gasteiger partial charge is 0.0473 e. The minimum absolute atomic E-state index is 0.828. The molecule has 0 aromatic carbocycles. The lowest BCUT2D eigenvalue weighted by Gasteiger charge is -2.38. The Kier molecular flexibility index (Phi) is 4.32. The number of ether oxygens (including phenoxy) is 1. The predicted octanol–water partition coefficient (Wildman–Crippen LogP) is 5.09. The molecule has 0 saturated carbocycles. The van der Waals surface area contributed by atoms with E-state index in [1.165, 1.54) is 18.6 Å². The van der Waals surface area contributed by atoms with Crippen molar-refractivity contribution in [3.05, 3.63) is 35.0 Å². The lowest BCUT2D eigenvalue weighted by Crippen LogP contribution is -2.21. The maximum absolute atomic E-state index is 5.51. The van der Waals surface area contributed by atoms with Gasteiger partial charge in [-0.3, -0.25) is 0 Å². The summed E-state index contributed by atoms with van der Waals surface area (Å²) in [7, 11) is -0.828. The van der Waals surface area contributed by atoms with Crippen molar-refractivity contribution in [2.75, 3.05) is 25.2 Å². The average Bonchev–Trinajstić information content (AvgIpc) is 3.14. The van der Waals surface area contributed by atoms with Crippen molar-refractivity contribution in [2.45, 2.75) is 21.3 Å². The van der Waals surface area contributed by atoms with Gasteiger partial charge in [0.05, 0.1) is 0 Å². The molecule has 19 heavy (non-hydrogen) atoms. The van der Waals surface area contributed by atoms with Crippen molar-refractivity contribution in [2.24, 2.45) is 5.92 Å². The zero-order valence-electron chi connectivity index (χ0n) is 11.2. The van der Waals surface area contributed by atoms with Gasteiger partial charge in [-0.2, -0.15) is 10.0 Å². The molecular formula is C15H20OS3. The van der Waals surface area contributed by atoms with Gasteiger partial charge < -0.3 is 4.74 Å². The van der Waals surface area contributed by atoms with E-state index in [2.05, 4.69) is 41.3 Å². The number of hydrogen-bond donors (Lipinski definition) is 0. The summed E-state index contributed by atoms with van der Waals surface area (Å²) in [5, 5.41) is 4.44. The quantitative estimate of drug-likeness (QED) is 0.764. The highest BCUT2D eigenvalue weighted by Crippen LogP contribution is 2.64. The largest absolute Gasteiger partial charge is 0.381 e. The van der Waals surface area contributed by atoms with Crippen molar-refractivity contribution >= 4 is 32.7 Å². The molecule has 1 aliphatic heterocycles. The van der Waals surface area contributed by atoms with E-state index < -0.39 is 10.0 Å². The minimum atomic E-state index is -0.828. The fourth-order valence-corrected chi connectivity index (χ4v) is 9.28. The Morgan fingerprint density at radius 2 is 1.68 bits per heavy atom. The first kappa shape index (κ1) is 13.7. The molecule has 0 bridgehead atoms. The fourth-order valence-electron chi connectivity index (χ4n) is 2.69. The maximum atomic E-state index is 5.51. The van der Waals surface area contributed by atoms with Gasteiger partial charge in [-0.25, -0.2) is 0 Å². The monoisotopic (exact) mass is 312 g/mol. The predicted molar refractivity (Wildman–Crippen MR) is 87.1 cm³/mol. The molecule has 0 radical (unpaired) electrons. The molecule has 1 aliphatic rings. The molecule has 1 saturated heterocycles. The van der Waals surface area contributed by atoms with Crippen LogP contribution in [0.5, 0.6) is 0 Å². The van der Waals surface area contributed by atoms with Crippen molar-refractivity contribution in [1.29, 1.82) is 0 Å². The van der Waals surface area contributed by atoms with Crippen LogP contribution in [0.3, 0.4) is 0 Å². The Morgan fingerprint density at radius 1 is 1.11 bits per heavy atom. The molecule has 0 spiro atoms. The van der Waals surface area contributed by atoms with E-state index in [9.17, 15) is 0 Å². The molecular weight excluding hydrogens is 292 g/mol. The van der Waals surface area contributed by atoms with E-state index in [1.807, 2.05) is 22.7 Å². The second kappa shape index (κ2) is 6.00. The van der Waals surface area contributed by atoms with E-state index >= 15 is 0 Å². The summed E-state index contributed by atoms with van der Waals surface area (Å²) in [4.78, 5) is 0. The Hall–Kier alpha value is -0.290. The highest BCUT2D eigenvalue weighted by Gasteiger charge is 2.29. The molecule has 0 aliphatic carbocycles. The van der Waals surface area contributed by atoms with Gasteiger partial charge in [-0.05, 0) is 53.7 Å². The second-order valence-electron chi connectivity index (χ2n) is 5.17. The lowest BCUT2D eigenvalue weighted by molar-refractivity contribution is 0.0726. The summed E-state index contributed by atoms with van der Waals surface area (Å²) in [5.41, 5.74) is 0. The standard InChI is InChI=1S/C15H20OS3/c1-19(14-4-2-10-17-14,15-5-3-11-18-15)12-13-6-8-16-9-7-13/h2-5,10-11,13H,6-9,12H2,1H3. The molecule has 2 aromatic rings. The molecule has 3 rings (SSSR count). The van der Waals surface area contributed by atoms with Gasteiger partial charge in [-0.1, -0.05) is 12.1 Å². The molecule has 3 heterocycles. The number of rotatable bonds is 4. The van der Waals surface area contributed by atoms with Crippen LogP contribution in [0.4, 0.5) is 0 Å². The van der Waals surface area contributed by atoms with Crippen LogP contribution in [0.15, 0.2) is 43.4 Å².